The SMILES string of the molecule is Cc1ccccc1NC(=O)CSCC(=O)N(C)C1CCCCC1. The molecule has 0 bridgehead atoms. The lowest BCUT2D eigenvalue weighted by atomic mass is 9.94. The maximum atomic E-state index is 12.2. The number of benzene rings is 1. The van der Waals surface area contributed by atoms with Crippen LogP contribution in [-0.4, -0.2) is 41.3 Å². The minimum atomic E-state index is -0.0579. The molecule has 126 valence electrons. The Balaban J connectivity index is 1.70. The first-order chi connectivity index (χ1) is 11.1. The predicted molar refractivity (Wildman–Crippen MR) is 96.8 cm³/mol. The van der Waals surface area contributed by atoms with Crippen molar-refractivity contribution in [1.82, 2.24) is 4.90 Å². The Kier molecular flexibility index (Phi) is 6.96. The van der Waals surface area contributed by atoms with Crippen molar-refractivity contribution in [2.24, 2.45) is 0 Å². The van der Waals surface area contributed by atoms with Gasteiger partial charge in [-0.2, -0.15) is 0 Å². The lowest BCUT2D eigenvalue weighted by molar-refractivity contribution is -0.129. The highest BCUT2D eigenvalue weighted by Gasteiger charge is 2.21. The van der Waals surface area contributed by atoms with Crippen LogP contribution in [0.3, 0.4) is 0 Å². The van der Waals surface area contributed by atoms with Crippen molar-refractivity contribution < 1.29 is 9.59 Å². The van der Waals surface area contributed by atoms with E-state index in [4.69, 9.17) is 0 Å². The third kappa shape index (κ3) is 5.57. The third-order valence-corrected chi connectivity index (χ3v) is 5.31. The summed E-state index contributed by atoms with van der Waals surface area (Å²) >= 11 is 1.38. The van der Waals surface area contributed by atoms with Crippen LogP contribution in [0.5, 0.6) is 0 Å². The number of nitrogens with zero attached hydrogens (tertiary/aromatic N) is 1. The molecule has 0 saturated heterocycles. The smallest absolute Gasteiger partial charge is 0.234 e. The molecule has 5 heteroatoms. The van der Waals surface area contributed by atoms with Gasteiger partial charge >= 0.3 is 0 Å². The highest BCUT2D eigenvalue weighted by atomic mass is 32.2. The number of anilines is 1. The predicted octanol–water partition coefficient (Wildman–Crippen LogP) is 3.46. The number of carbonyl (C=O) groups is 2. The molecule has 1 saturated carbocycles. The van der Waals surface area contributed by atoms with Crippen molar-refractivity contribution in [3.8, 4) is 0 Å². The van der Waals surface area contributed by atoms with E-state index in [1.54, 1.807) is 0 Å². The number of amides is 2. The average molecular weight is 334 g/mol. The summed E-state index contributed by atoms with van der Waals surface area (Å²) < 4.78 is 0. The van der Waals surface area contributed by atoms with E-state index in [1.807, 2.05) is 43.1 Å². The van der Waals surface area contributed by atoms with Crippen LogP contribution < -0.4 is 5.32 Å². The molecular weight excluding hydrogens is 308 g/mol. The van der Waals surface area contributed by atoms with Gasteiger partial charge in [0.1, 0.15) is 0 Å². The quantitative estimate of drug-likeness (QED) is 0.867. The highest BCUT2D eigenvalue weighted by molar-refractivity contribution is 8.00. The molecule has 0 spiro atoms. The van der Waals surface area contributed by atoms with Crippen molar-refractivity contribution in [3.05, 3.63) is 29.8 Å². The normalized spacial score (nSPS) is 15.2. The van der Waals surface area contributed by atoms with Crippen molar-refractivity contribution in [2.45, 2.75) is 45.1 Å². The molecule has 0 heterocycles. The first-order valence-corrected chi connectivity index (χ1v) is 9.42. The Morgan fingerprint density at radius 1 is 1.17 bits per heavy atom. The Labute approximate surface area is 143 Å². The second-order valence-electron chi connectivity index (χ2n) is 6.15. The van der Waals surface area contributed by atoms with Crippen LogP contribution >= 0.6 is 11.8 Å². The molecule has 1 aromatic rings. The summed E-state index contributed by atoms with van der Waals surface area (Å²) in [5, 5.41) is 2.89. The number of carbonyl (C=O) groups excluding carboxylic acids is 2. The number of hydrogen-bond donors (Lipinski definition) is 1. The lowest BCUT2D eigenvalue weighted by Crippen LogP contribution is -2.39. The fourth-order valence-electron chi connectivity index (χ4n) is 2.90. The monoisotopic (exact) mass is 334 g/mol. The van der Waals surface area contributed by atoms with Crippen LogP contribution in [-0.2, 0) is 9.59 Å². The molecule has 23 heavy (non-hydrogen) atoms. The van der Waals surface area contributed by atoms with Gasteiger partial charge in [-0.05, 0) is 31.4 Å². The van der Waals surface area contributed by atoms with E-state index in [9.17, 15) is 9.59 Å². The molecular formula is C18H26N2O2S. The van der Waals surface area contributed by atoms with E-state index < -0.39 is 0 Å². The van der Waals surface area contributed by atoms with Crippen molar-refractivity contribution in [2.75, 3.05) is 23.9 Å². The number of rotatable bonds is 6. The minimum Gasteiger partial charge on any atom is -0.342 e. The third-order valence-electron chi connectivity index (χ3n) is 4.39. The average Bonchev–Trinajstić information content (AvgIpc) is 2.57. The summed E-state index contributed by atoms with van der Waals surface area (Å²) in [5.74, 6) is 0.746. The van der Waals surface area contributed by atoms with Gasteiger partial charge in [-0.3, -0.25) is 9.59 Å². The van der Waals surface area contributed by atoms with Crippen molar-refractivity contribution in [1.29, 1.82) is 0 Å². The Hall–Kier alpha value is -1.49. The van der Waals surface area contributed by atoms with Crippen LogP contribution in [0, 0.1) is 6.92 Å². The van der Waals surface area contributed by atoms with Gasteiger partial charge in [0.15, 0.2) is 0 Å². The first kappa shape index (κ1) is 17.9. The number of nitrogens with one attached hydrogen (secondary N) is 1. The van der Waals surface area contributed by atoms with E-state index in [-0.39, 0.29) is 11.8 Å². The summed E-state index contributed by atoms with van der Waals surface area (Å²) in [7, 11) is 1.90. The standard InChI is InChI=1S/C18H26N2O2S/c1-14-8-6-7-11-16(14)19-17(21)12-23-13-18(22)20(2)15-9-4-3-5-10-15/h6-8,11,15H,3-5,9-10,12-13H2,1-2H3,(H,19,21). The molecule has 4 nitrogen and oxygen atoms in total. The molecule has 0 aliphatic heterocycles. The molecule has 0 radical (unpaired) electrons. The van der Waals surface area contributed by atoms with Crippen LogP contribution in [0.1, 0.15) is 37.7 Å². The summed E-state index contributed by atoms with van der Waals surface area (Å²) in [6, 6.07) is 8.08. The molecule has 1 N–H and O–H groups in total. The Morgan fingerprint density at radius 2 is 1.87 bits per heavy atom. The molecule has 2 amide bonds. The Morgan fingerprint density at radius 3 is 2.57 bits per heavy atom. The van der Waals surface area contributed by atoms with Gasteiger partial charge in [0.05, 0.1) is 11.5 Å². The van der Waals surface area contributed by atoms with Crippen molar-refractivity contribution in [3.63, 3.8) is 0 Å². The Bertz CT molecular complexity index is 542. The van der Waals surface area contributed by atoms with Gasteiger partial charge in [-0.25, -0.2) is 0 Å². The number of para-hydroxylation sites is 1. The summed E-state index contributed by atoms with van der Waals surface area (Å²) in [6.07, 6.45) is 5.94. The number of thioether (sulfide) groups is 1. The van der Waals surface area contributed by atoms with Gasteiger partial charge in [-0.15, -0.1) is 11.8 Å². The van der Waals surface area contributed by atoms with E-state index in [1.165, 1.54) is 31.0 Å². The first-order valence-electron chi connectivity index (χ1n) is 8.27. The molecule has 0 atom stereocenters. The van der Waals surface area contributed by atoms with Gasteiger partial charge in [-0.1, -0.05) is 37.5 Å². The fourth-order valence-corrected chi connectivity index (χ4v) is 3.64. The van der Waals surface area contributed by atoms with Gasteiger partial charge < -0.3 is 10.2 Å². The maximum absolute atomic E-state index is 12.2. The van der Waals surface area contributed by atoms with Crippen LogP contribution in [0.4, 0.5) is 5.69 Å². The van der Waals surface area contributed by atoms with Crippen LogP contribution in [0.15, 0.2) is 24.3 Å². The molecule has 0 unspecified atom stereocenters. The molecule has 2 rings (SSSR count). The second kappa shape index (κ2) is 8.96. The number of hydrogen-bond acceptors (Lipinski definition) is 3. The molecule has 0 aromatic heterocycles. The lowest BCUT2D eigenvalue weighted by Gasteiger charge is -2.31. The fraction of sp³-hybridized carbons (Fsp3) is 0.556. The summed E-state index contributed by atoms with van der Waals surface area (Å²) in [5.41, 5.74) is 1.88. The molecule has 1 aliphatic rings. The van der Waals surface area contributed by atoms with E-state index >= 15 is 0 Å². The molecule has 1 fully saturated rings. The van der Waals surface area contributed by atoms with E-state index in [2.05, 4.69) is 5.32 Å². The topological polar surface area (TPSA) is 49.4 Å². The zero-order chi connectivity index (χ0) is 16.7. The van der Waals surface area contributed by atoms with Gasteiger partial charge in [0.2, 0.25) is 11.8 Å². The summed E-state index contributed by atoms with van der Waals surface area (Å²) in [4.78, 5) is 26.1. The van der Waals surface area contributed by atoms with E-state index in [0.29, 0.717) is 17.5 Å². The van der Waals surface area contributed by atoms with E-state index in [0.717, 1.165) is 24.1 Å². The minimum absolute atomic E-state index is 0.0579. The van der Waals surface area contributed by atoms with Gasteiger partial charge in [0, 0.05) is 18.8 Å². The largest absolute Gasteiger partial charge is 0.342 e. The van der Waals surface area contributed by atoms with Crippen LogP contribution in [0.25, 0.3) is 0 Å². The zero-order valence-corrected chi connectivity index (χ0v) is 14.8. The maximum Gasteiger partial charge on any atom is 0.234 e. The summed E-state index contributed by atoms with van der Waals surface area (Å²) in [6.45, 7) is 1.96. The second-order valence-corrected chi connectivity index (χ2v) is 7.14. The van der Waals surface area contributed by atoms with Gasteiger partial charge in [0.25, 0.3) is 0 Å². The van der Waals surface area contributed by atoms with Crippen LogP contribution in [0.2, 0.25) is 0 Å². The van der Waals surface area contributed by atoms with Crippen molar-refractivity contribution >= 4 is 29.3 Å². The molecule has 1 aliphatic carbocycles. The molecule has 1 aromatic carbocycles. The number of aryl methyl sites for hydroxylation is 1. The zero-order valence-electron chi connectivity index (χ0n) is 14.0. The highest BCUT2D eigenvalue weighted by Crippen LogP contribution is 2.22.